The summed E-state index contributed by atoms with van der Waals surface area (Å²) in [5.41, 5.74) is 0. The summed E-state index contributed by atoms with van der Waals surface area (Å²) in [7, 11) is 0. The number of fused-ring (bicyclic) bond motifs is 1. The smallest absolute Gasteiger partial charge is 0.327 e. The van der Waals surface area contributed by atoms with Crippen molar-refractivity contribution in [3.05, 3.63) is 0 Å². The molecule has 3 unspecified atom stereocenters. The molecular weight excluding hydrogens is 272 g/mol. The van der Waals surface area contributed by atoms with Gasteiger partial charge in [0.25, 0.3) is 0 Å². The number of carbonyl (C=O) groups excluding carboxylic acids is 1. The minimum atomic E-state index is -0.911. The van der Waals surface area contributed by atoms with E-state index in [1.54, 1.807) is 23.5 Å². The van der Waals surface area contributed by atoms with E-state index in [9.17, 15) is 14.7 Å². The fraction of sp³-hybridized carbons (Fsp3) is 0.818. The lowest BCUT2D eigenvalue weighted by atomic mass is 9.96. The zero-order valence-electron chi connectivity index (χ0n) is 10.7. The average Bonchev–Trinajstić information content (AvgIpc) is 2.53. The summed E-state index contributed by atoms with van der Waals surface area (Å²) in [5, 5.41) is 12.4. The summed E-state index contributed by atoms with van der Waals surface area (Å²) < 4.78 is -0.428. The van der Waals surface area contributed by atoms with Crippen LogP contribution in [0.4, 0.5) is 0 Å². The van der Waals surface area contributed by atoms with Gasteiger partial charge in [-0.2, -0.15) is 11.8 Å². The van der Waals surface area contributed by atoms with Crippen LogP contribution in [0.15, 0.2) is 0 Å². The van der Waals surface area contributed by atoms with Gasteiger partial charge in [-0.3, -0.25) is 4.79 Å². The number of hydrogen-bond donors (Lipinski definition) is 2. The average molecular weight is 290 g/mol. The predicted octanol–water partition coefficient (Wildman–Crippen LogP) is 0.454. The monoisotopic (exact) mass is 290 g/mol. The Morgan fingerprint density at radius 1 is 1.61 bits per heavy atom. The maximum atomic E-state index is 12.0. The maximum absolute atomic E-state index is 12.0. The van der Waals surface area contributed by atoms with Crippen LogP contribution in [0.5, 0.6) is 0 Å². The van der Waals surface area contributed by atoms with E-state index in [0.29, 0.717) is 0 Å². The largest absolute Gasteiger partial charge is 0.480 e. The number of thioether (sulfide) groups is 2. The summed E-state index contributed by atoms with van der Waals surface area (Å²) >= 11 is 3.30. The molecule has 0 radical (unpaired) electrons. The summed E-state index contributed by atoms with van der Waals surface area (Å²) in [6.45, 7) is 4.56. The number of hydrogen-bond acceptors (Lipinski definition) is 5. The van der Waals surface area contributed by atoms with Gasteiger partial charge in [0.2, 0.25) is 5.91 Å². The first-order chi connectivity index (χ1) is 8.40. The van der Waals surface area contributed by atoms with Crippen molar-refractivity contribution in [2.75, 3.05) is 18.6 Å². The zero-order valence-corrected chi connectivity index (χ0v) is 12.3. The lowest BCUT2D eigenvalue weighted by molar-refractivity contribution is -0.160. The van der Waals surface area contributed by atoms with Crippen molar-refractivity contribution in [3.63, 3.8) is 0 Å². The number of amides is 1. The molecule has 0 saturated carbocycles. The second-order valence-electron chi connectivity index (χ2n) is 5.02. The van der Waals surface area contributed by atoms with E-state index >= 15 is 0 Å². The van der Waals surface area contributed by atoms with Gasteiger partial charge in [0, 0.05) is 17.0 Å². The van der Waals surface area contributed by atoms with Crippen LogP contribution in [0, 0.1) is 0 Å². The molecule has 0 aliphatic carbocycles. The molecule has 0 aromatic heterocycles. The highest BCUT2D eigenvalue weighted by Gasteiger charge is 2.63. The van der Waals surface area contributed by atoms with Crippen LogP contribution >= 0.6 is 23.5 Å². The number of carboxylic acids is 1. The van der Waals surface area contributed by atoms with E-state index in [-0.39, 0.29) is 17.3 Å². The number of carboxylic acid groups (broad SMARTS) is 1. The molecule has 2 saturated heterocycles. The maximum Gasteiger partial charge on any atom is 0.327 e. The Labute approximate surface area is 115 Å². The Morgan fingerprint density at radius 2 is 2.28 bits per heavy atom. The Balaban J connectivity index is 2.05. The zero-order chi connectivity index (χ0) is 13.5. The van der Waals surface area contributed by atoms with Gasteiger partial charge in [-0.15, -0.1) is 11.8 Å². The highest BCUT2D eigenvalue weighted by Crippen LogP contribution is 2.50. The van der Waals surface area contributed by atoms with Crippen molar-refractivity contribution in [2.45, 2.75) is 36.1 Å². The summed E-state index contributed by atoms with van der Waals surface area (Å²) in [6, 6.07) is -0.927. The normalized spacial score (nSPS) is 33.2. The van der Waals surface area contributed by atoms with Crippen LogP contribution in [-0.2, 0) is 9.59 Å². The van der Waals surface area contributed by atoms with Crippen LogP contribution in [0.25, 0.3) is 0 Å². The molecule has 2 rings (SSSR count). The van der Waals surface area contributed by atoms with E-state index in [2.05, 4.69) is 5.32 Å². The molecular formula is C11H18N2O3S2. The van der Waals surface area contributed by atoms with Crippen LogP contribution in [0.1, 0.15) is 13.8 Å². The summed E-state index contributed by atoms with van der Waals surface area (Å²) in [6.07, 6.45) is 2.02. The fourth-order valence-electron chi connectivity index (χ4n) is 2.52. The Bertz CT molecular complexity index is 375. The van der Waals surface area contributed by atoms with Crippen molar-refractivity contribution in [3.8, 4) is 0 Å². The number of nitrogens with zero attached hydrogens (tertiary/aromatic N) is 1. The van der Waals surface area contributed by atoms with Crippen molar-refractivity contribution >= 4 is 35.4 Å². The van der Waals surface area contributed by atoms with Gasteiger partial charge in [0.15, 0.2) is 0 Å². The molecule has 2 N–H and O–H groups in total. The van der Waals surface area contributed by atoms with Crippen molar-refractivity contribution in [1.82, 2.24) is 10.2 Å². The number of nitrogens with one attached hydrogen (secondary N) is 1. The predicted molar refractivity (Wildman–Crippen MR) is 73.9 cm³/mol. The minimum Gasteiger partial charge on any atom is -0.480 e. The molecule has 0 aromatic rings. The first-order valence-electron chi connectivity index (χ1n) is 5.85. The quantitative estimate of drug-likeness (QED) is 0.566. The van der Waals surface area contributed by atoms with E-state index in [1.807, 2.05) is 20.1 Å². The Hall–Kier alpha value is -0.400. The molecule has 0 aromatic carbocycles. The van der Waals surface area contributed by atoms with E-state index in [1.165, 1.54) is 4.90 Å². The fourth-order valence-corrected chi connectivity index (χ4v) is 4.49. The van der Waals surface area contributed by atoms with Crippen LogP contribution in [-0.4, -0.2) is 62.6 Å². The molecule has 0 bridgehead atoms. The number of rotatable bonds is 5. The molecule has 0 spiro atoms. The summed E-state index contributed by atoms with van der Waals surface area (Å²) in [5.74, 6) is -0.0371. The Morgan fingerprint density at radius 3 is 2.83 bits per heavy atom. The molecule has 2 aliphatic rings. The van der Waals surface area contributed by atoms with E-state index in [4.69, 9.17) is 0 Å². The standard InChI is InChI=1S/C11H18N2O3S2/c1-11(2)7(10(15)16)13-8(14)6(9(13)18-11)12-4-5-17-3/h6-7,9,12H,4-5H2,1-3H3,(H,15,16). The van der Waals surface area contributed by atoms with Crippen molar-refractivity contribution in [2.24, 2.45) is 0 Å². The SMILES string of the molecule is CSCCNC1C(=O)N2C1SC(C)(C)C2C(=O)O. The van der Waals surface area contributed by atoms with Crippen LogP contribution in [0.2, 0.25) is 0 Å². The molecule has 102 valence electrons. The van der Waals surface area contributed by atoms with Gasteiger partial charge in [-0.25, -0.2) is 4.79 Å². The van der Waals surface area contributed by atoms with E-state index in [0.717, 1.165) is 12.3 Å². The second-order valence-corrected chi connectivity index (χ2v) is 7.78. The van der Waals surface area contributed by atoms with Gasteiger partial charge >= 0.3 is 5.97 Å². The van der Waals surface area contributed by atoms with Gasteiger partial charge in [0.1, 0.15) is 17.5 Å². The molecule has 7 heteroatoms. The third kappa shape index (κ3) is 2.12. The van der Waals surface area contributed by atoms with E-state index < -0.39 is 16.8 Å². The lowest BCUT2D eigenvalue weighted by Crippen LogP contribution is -2.70. The first-order valence-corrected chi connectivity index (χ1v) is 8.12. The molecule has 5 nitrogen and oxygen atoms in total. The lowest BCUT2D eigenvalue weighted by Gasteiger charge is -2.43. The minimum absolute atomic E-state index is 0.0320. The second kappa shape index (κ2) is 4.94. The number of β-lactam (4-membered cyclic amide) rings is 1. The molecule has 18 heavy (non-hydrogen) atoms. The third-order valence-corrected chi connectivity index (χ3v) is 5.53. The van der Waals surface area contributed by atoms with Crippen molar-refractivity contribution < 1.29 is 14.7 Å². The molecule has 2 heterocycles. The van der Waals surface area contributed by atoms with Gasteiger partial charge in [-0.05, 0) is 20.1 Å². The topological polar surface area (TPSA) is 69.6 Å². The molecule has 2 aliphatic heterocycles. The molecule has 1 amide bonds. The van der Waals surface area contributed by atoms with Crippen LogP contribution < -0.4 is 5.32 Å². The Kier molecular flexibility index (Phi) is 3.85. The third-order valence-electron chi connectivity index (χ3n) is 3.35. The molecule has 2 fully saturated rings. The van der Waals surface area contributed by atoms with Gasteiger partial charge in [0.05, 0.1) is 0 Å². The van der Waals surface area contributed by atoms with Crippen molar-refractivity contribution in [1.29, 1.82) is 0 Å². The van der Waals surface area contributed by atoms with Gasteiger partial charge < -0.3 is 15.3 Å². The van der Waals surface area contributed by atoms with Crippen LogP contribution in [0.3, 0.4) is 0 Å². The number of aliphatic carboxylic acids is 1. The number of carbonyl (C=O) groups is 2. The van der Waals surface area contributed by atoms with Gasteiger partial charge in [-0.1, -0.05) is 0 Å². The highest BCUT2D eigenvalue weighted by atomic mass is 32.2. The first kappa shape index (κ1) is 14.0. The summed E-state index contributed by atoms with van der Waals surface area (Å²) in [4.78, 5) is 24.8. The highest BCUT2D eigenvalue weighted by molar-refractivity contribution is 8.01. The molecule has 3 atom stereocenters.